The second kappa shape index (κ2) is 7.88. The average Bonchev–Trinajstić information content (AvgIpc) is 2.49. The van der Waals surface area contributed by atoms with Gasteiger partial charge in [-0.05, 0) is 24.6 Å². The smallest absolute Gasteiger partial charge is 0.328 e. The number of benzene rings is 1. The molecule has 114 valence electrons. The molecule has 1 atom stereocenters. The number of hydrogen-bond acceptors (Lipinski definition) is 6. The molecule has 1 aromatic rings. The summed E-state index contributed by atoms with van der Waals surface area (Å²) in [6, 6.07) is 4.72. The van der Waals surface area contributed by atoms with Gasteiger partial charge < -0.3 is 19.9 Å². The van der Waals surface area contributed by atoms with Gasteiger partial charge in [-0.3, -0.25) is 9.59 Å². The van der Waals surface area contributed by atoms with Gasteiger partial charge in [-0.1, -0.05) is 6.07 Å². The highest BCUT2D eigenvalue weighted by Crippen LogP contribution is 2.11. The van der Waals surface area contributed by atoms with Crippen LogP contribution >= 0.6 is 0 Å². The number of esters is 2. The highest BCUT2D eigenvalue weighted by molar-refractivity contribution is 5.97. The Bertz CT molecular complexity index is 528. The second-order valence-corrected chi connectivity index (χ2v) is 4.21. The van der Waals surface area contributed by atoms with Crippen molar-refractivity contribution in [2.75, 3.05) is 14.2 Å². The van der Waals surface area contributed by atoms with E-state index in [2.05, 4.69) is 14.8 Å². The lowest BCUT2D eigenvalue weighted by molar-refractivity contribution is -0.144. The van der Waals surface area contributed by atoms with Gasteiger partial charge in [0.05, 0.1) is 14.2 Å². The van der Waals surface area contributed by atoms with Crippen LogP contribution in [0.2, 0.25) is 0 Å². The molecule has 0 radical (unpaired) electrons. The van der Waals surface area contributed by atoms with E-state index in [-0.39, 0.29) is 24.2 Å². The fourth-order valence-corrected chi connectivity index (χ4v) is 1.64. The van der Waals surface area contributed by atoms with Crippen molar-refractivity contribution in [3.63, 3.8) is 0 Å². The van der Waals surface area contributed by atoms with Crippen molar-refractivity contribution in [3.05, 3.63) is 29.8 Å². The van der Waals surface area contributed by atoms with Crippen LogP contribution in [0, 0.1) is 0 Å². The van der Waals surface area contributed by atoms with Gasteiger partial charge in [0.15, 0.2) is 0 Å². The minimum Gasteiger partial charge on any atom is -0.508 e. The SMILES string of the molecule is COC(=O)CC[C@H](NC(=O)c1cccc(O)c1)C(=O)OC. The Morgan fingerprint density at radius 3 is 2.52 bits per heavy atom. The Hall–Kier alpha value is -2.57. The van der Waals surface area contributed by atoms with Crippen molar-refractivity contribution >= 4 is 17.8 Å². The van der Waals surface area contributed by atoms with Gasteiger partial charge in [0, 0.05) is 12.0 Å². The first kappa shape index (κ1) is 16.5. The van der Waals surface area contributed by atoms with Crippen LogP contribution < -0.4 is 5.32 Å². The molecule has 0 heterocycles. The summed E-state index contributed by atoms with van der Waals surface area (Å²) in [6.45, 7) is 0. The minimum atomic E-state index is -0.969. The molecule has 1 amide bonds. The summed E-state index contributed by atoms with van der Waals surface area (Å²) < 4.78 is 9.07. The topological polar surface area (TPSA) is 102 Å². The van der Waals surface area contributed by atoms with E-state index in [0.717, 1.165) is 0 Å². The molecule has 0 unspecified atom stereocenters. The number of phenolic OH excluding ortho intramolecular Hbond substituents is 1. The van der Waals surface area contributed by atoms with E-state index in [9.17, 15) is 19.5 Å². The Morgan fingerprint density at radius 2 is 1.95 bits per heavy atom. The summed E-state index contributed by atoms with van der Waals surface area (Å²) >= 11 is 0. The summed E-state index contributed by atoms with van der Waals surface area (Å²) in [7, 11) is 2.43. The molecule has 1 aromatic carbocycles. The molecule has 0 spiro atoms. The Morgan fingerprint density at radius 1 is 1.24 bits per heavy atom. The molecule has 21 heavy (non-hydrogen) atoms. The average molecular weight is 295 g/mol. The van der Waals surface area contributed by atoms with Gasteiger partial charge in [0.2, 0.25) is 0 Å². The lowest BCUT2D eigenvalue weighted by Crippen LogP contribution is -2.41. The molecule has 0 bridgehead atoms. The van der Waals surface area contributed by atoms with Crippen molar-refractivity contribution in [2.24, 2.45) is 0 Å². The van der Waals surface area contributed by atoms with E-state index < -0.39 is 23.9 Å². The van der Waals surface area contributed by atoms with Gasteiger partial charge in [0.25, 0.3) is 5.91 Å². The number of nitrogens with one attached hydrogen (secondary N) is 1. The molecule has 2 N–H and O–H groups in total. The predicted molar refractivity (Wildman–Crippen MR) is 72.6 cm³/mol. The largest absolute Gasteiger partial charge is 0.508 e. The van der Waals surface area contributed by atoms with E-state index in [1.165, 1.54) is 38.5 Å². The summed E-state index contributed by atoms with van der Waals surface area (Å²) in [4.78, 5) is 34.7. The number of amides is 1. The van der Waals surface area contributed by atoms with Crippen molar-refractivity contribution < 1.29 is 29.0 Å². The Balaban J connectivity index is 2.73. The molecule has 1 rings (SSSR count). The van der Waals surface area contributed by atoms with Crippen molar-refractivity contribution in [1.82, 2.24) is 5.32 Å². The molecule has 0 saturated heterocycles. The van der Waals surface area contributed by atoms with Gasteiger partial charge in [0.1, 0.15) is 11.8 Å². The zero-order valence-electron chi connectivity index (χ0n) is 11.8. The lowest BCUT2D eigenvalue weighted by Gasteiger charge is -2.16. The Labute approximate surface area is 121 Å². The van der Waals surface area contributed by atoms with E-state index in [0.29, 0.717) is 0 Å². The van der Waals surface area contributed by atoms with E-state index in [1.807, 2.05) is 0 Å². The fraction of sp³-hybridized carbons (Fsp3) is 0.357. The standard InChI is InChI=1S/C14H17NO6/c1-20-12(17)7-6-11(14(19)21-2)15-13(18)9-4-3-5-10(16)8-9/h3-5,8,11,16H,6-7H2,1-2H3,(H,15,18)/t11-/m0/s1. The normalized spacial score (nSPS) is 11.3. The maximum absolute atomic E-state index is 12.0. The maximum atomic E-state index is 12.0. The van der Waals surface area contributed by atoms with Crippen molar-refractivity contribution in [1.29, 1.82) is 0 Å². The van der Waals surface area contributed by atoms with Crippen LogP contribution in [0.4, 0.5) is 0 Å². The lowest BCUT2D eigenvalue weighted by atomic mass is 10.1. The van der Waals surface area contributed by atoms with E-state index in [1.54, 1.807) is 0 Å². The number of carbonyl (C=O) groups excluding carboxylic acids is 3. The third-order valence-corrected chi connectivity index (χ3v) is 2.76. The number of methoxy groups -OCH3 is 2. The minimum absolute atomic E-state index is 0.0312. The third-order valence-electron chi connectivity index (χ3n) is 2.76. The molecular formula is C14H17NO6. The number of rotatable bonds is 6. The quantitative estimate of drug-likeness (QED) is 0.746. The van der Waals surface area contributed by atoms with Crippen LogP contribution in [-0.2, 0) is 19.1 Å². The zero-order valence-corrected chi connectivity index (χ0v) is 11.8. The number of carbonyl (C=O) groups is 3. The summed E-state index contributed by atoms with van der Waals surface area (Å²) in [5.41, 5.74) is 0.196. The monoisotopic (exact) mass is 295 g/mol. The molecule has 0 saturated carbocycles. The molecular weight excluding hydrogens is 278 g/mol. The van der Waals surface area contributed by atoms with Gasteiger partial charge >= 0.3 is 11.9 Å². The summed E-state index contributed by atoms with van der Waals surface area (Å²) in [5.74, 6) is -1.76. The van der Waals surface area contributed by atoms with E-state index >= 15 is 0 Å². The number of ether oxygens (including phenoxy) is 2. The molecule has 0 aliphatic carbocycles. The molecule has 7 nitrogen and oxygen atoms in total. The van der Waals surface area contributed by atoms with Crippen LogP contribution in [0.15, 0.2) is 24.3 Å². The van der Waals surface area contributed by atoms with Crippen LogP contribution in [0.5, 0.6) is 5.75 Å². The predicted octanol–water partition coefficient (Wildman–Crippen LogP) is 0.617. The van der Waals surface area contributed by atoms with Crippen molar-refractivity contribution in [2.45, 2.75) is 18.9 Å². The van der Waals surface area contributed by atoms with Crippen LogP contribution in [0.1, 0.15) is 23.2 Å². The number of phenols is 1. The second-order valence-electron chi connectivity index (χ2n) is 4.21. The van der Waals surface area contributed by atoms with Gasteiger partial charge in [-0.2, -0.15) is 0 Å². The van der Waals surface area contributed by atoms with Gasteiger partial charge in [-0.25, -0.2) is 4.79 Å². The summed E-state index contributed by atoms with van der Waals surface area (Å²) in [6.07, 6.45) is 0.0283. The first-order valence-corrected chi connectivity index (χ1v) is 6.22. The Kier molecular flexibility index (Phi) is 6.19. The van der Waals surface area contributed by atoms with Crippen LogP contribution in [0.25, 0.3) is 0 Å². The molecule has 0 aromatic heterocycles. The van der Waals surface area contributed by atoms with Crippen LogP contribution in [-0.4, -0.2) is 43.2 Å². The summed E-state index contributed by atoms with van der Waals surface area (Å²) in [5, 5.41) is 11.8. The zero-order chi connectivity index (χ0) is 15.8. The van der Waals surface area contributed by atoms with E-state index in [4.69, 9.17) is 0 Å². The fourth-order valence-electron chi connectivity index (χ4n) is 1.64. The third kappa shape index (κ3) is 5.13. The molecule has 0 aliphatic heterocycles. The molecule has 7 heteroatoms. The number of aromatic hydroxyl groups is 1. The highest BCUT2D eigenvalue weighted by atomic mass is 16.5. The molecule has 0 fully saturated rings. The maximum Gasteiger partial charge on any atom is 0.328 e. The molecule has 0 aliphatic rings. The first-order valence-electron chi connectivity index (χ1n) is 6.22. The highest BCUT2D eigenvalue weighted by Gasteiger charge is 2.23. The van der Waals surface area contributed by atoms with Crippen molar-refractivity contribution in [3.8, 4) is 5.75 Å². The van der Waals surface area contributed by atoms with Crippen LogP contribution in [0.3, 0.4) is 0 Å². The number of hydrogen-bond donors (Lipinski definition) is 2. The first-order chi connectivity index (χ1) is 9.97. The van der Waals surface area contributed by atoms with Gasteiger partial charge in [-0.15, -0.1) is 0 Å².